The van der Waals surface area contributed by atoms with Crippen molar-refractivity contribution in [3.05, 3.63) is 157 Å². The van der Waals surface area contributed by atoms with Gasteiger partial charge in [0.25, 0.3) is 0 Å². The second kappa shape index (κ2) is 11.3. The predicted molar refractivity (Wildman–Crippen MR) is 201 cm³/mol. The molecule has 0 saturated carbocycles. The molecule has 0 aliphatic carbocycles. The molecule has 0 bridgehead atoms. The SMILES string of the molecule is CCCCc1ccc2oc3ccc(-c4ccc5cccc(-c6c7ccccc7c(-c7ccccc7)c7ccccc67)c5c4)cc3c2c1. The predicted octanol–water partition coefficient (Wildman–Crippen LogP) is 13.4. The minimum absolute atomic E-state index is 0.939. The largest absolute Gasteiger partial charge is 0.456 e. The molecule has 0 aliphatic rings. The first-order valence-corrected chi connectivity index (χ1v) is 16.7. The lowest BCUT2D eigenvalue weighted by molar-refractivity contribution is 0.668. The monoisotopic (exact) mass is 602 g/mol. The van der Waals surface area contributed by atoms with Crippen LogP contribution in [-0.4, -0.2) is 0 Å². The Kier molecular flexibility index (Phi) is 6.64. The molecule has 0 unspecified atom stereocenters. The standard InChI is InChI=1S/C46H34O/c1-2-3-12-30-21-25-43-41(27-30)42-29-34(24-26-44(42)47-43)33-23-22-31-15-11-20-39(40(31)28-33)46-37-18-9-7-16-35(37)45(32-13-5-4-6-14-32)36-17-8-10-19-38(36)46/h4-11,13-29H,2-3,12H2,1H3. The van der Waals surface area contributed by atoms with Crippen molar-refractivity contribution in [3.63, 3.8) is 0 Å². The molecule has 9 aromatic rings. The quantitative estimate of drug-likeness (QED) is 0.173. The fraction of sp³-hybridized carbons (Fsp3) is 0.0870. The average molecular weight is 603 g/mol. The number of hydrogen-bond donors (Lipinski definition) is 0. The summed E-state index contributed by atoms with van der Waals surface area (Å²) >= 11 is 0. The topological polar surface area (TPSA) is 13.1 Å². The van der Waals surface area contributed by atoms with Crippen LogP contribution in [0.2, 0.25) is 0 Å². The van der Waals surface area contributed by atoms with E-state index < -0.39 is 0 Å². The van der Waals surface area contributed by atoms with Gasteiger partial charge in [-0.3, -0.25) is 0 Å². The van der Waals surface area contributed by atoms with Crippen LogP contribution in [0.4, 0.5) is 0 Å². The van der Waals surface area contributed by atoms with Crippen molar-refractivity contribution in [2.75, 3.05) is 0 Å². The van der Waals surface area contributed by atoms with Gasteiger partial charge in [-0.05, 0) is 114 Å². The molecule has 47 heavy (non-hydrogen) atoms. The summed E-state index contributed by atoms with van der Waals surface area (Å²) in [5.41, 5.74) is 10.8. The van der Waals surface area contributed by atoms with Crippen LogP contribution in [0.25, 0.3) is 87.6 Å². The molecule has 8 aromatic carbocycles. The third kappa shape index (κ3) is 4.62. The van der Waals surface area contributed by atoms with Crippen LogP contribution in [0.3, 0.4) is 0 Å². The van der Waals surface area contributed by atoms with Crippen LogP contribution in [0.1, 0.15) is 25.3 Å². The second-order valence-electron chi connectivity index (χ2n) is 12.7. The highest BCUT2D eigenvalue weighted by atomic mass is 16.3. The van der Waals surface area contributed by atoms with Crippen LogP contribution in [-0.2, 0) is 6.42 Å². The smallest absolute Gasteiger partial charge is 0.135 e. The minimum atomic E-state index is 0.939. The lowest BCUT2D eigenvalue weighted by Gasteiger charge is -2.19. The van der Waals surface area contributed by atoms with Crippen LogP contribution in [0, 0.1) is 0 Å². The first-order chi connectivity index (χ1) is 23.3. The van der Waals surface area contributed by atoms with E-state index in [0.717, 1.165) is 17.6 Å². The summed E-state index contributed by atoms with van der Waals surface area (Å²) < 4.78 is 6.27. The van der Waals surface area contributed by atoms with Gasteiger partial charge < -0.3 is 4.42 Å². The Morgan fingerprint density at radius 3 is 1.72 bits per heavy atom. The summed E-state index contributed by atoms with van der Waals surface area (Å²) in [5.74, 6) is 0. The number of fused-ring (bicyclic) bond motifs is 6. The van der Waals surface area contributed by atoms with Gasteiger partial charge in [0, 0.05) is 10.8 Å². The number of furan rings is 1. The van der Waals surface area contributed by atoms with E-state index in [0.29, 0.717) is 0 Å². The highest BCUT2D eigenvalue weighted by Gasteiger charge is 2.18. The molecule has 0 N–H and O–H groups in total. The van der Waals surface area contributed by atoms with E-state index in [9.17, 15) is 0 Å². The fourth-order valence-electron chi connectivity index (χ4n) is 7.55. The van der Waals surface area contributed by atoms with Crippen molar-refractivity contribution in [2.45, 2.75) is 26.2 Å². The Hall–Kier alpha value is -5.66. The van der Waals surface area contributed by atoms with E-state index in [1.54, 1.807) is 0 Å². The maximum Gasteiger partial charge on any atom is 0.135 e. The second-order valence-corrected chi connectivity index (χ2v) is 12.7. The molecule has 1 aromatic heterocycles. The van der Waals surface area contributed by atoms with E-state index in [4.69, 9.17) is 4.42 Å². The fourth-order valence-corrected chi connectivity index (χ4v) is 7.55. The molecule has 1 heteroatoms. The van der Waals surface area contributed by atoms with Crippen LogP contribution in [0.5, 0.6) is 0 Å². The van der Waals surface area contributed by atoms with Gasteiger partial charge in [-0.2, -0.15) is 0 Å². The molecule has 1 nitrogen and oxygen atoms in total. The summed E-state index contributed by atoms with van der Waals surface area (Å²) in [4.78, 5) is 0. The lowest BCUT2D eigenvalue weighted by atomic mass is 9.84. The Morgan fingerprint density at radius 2 is 1.02 bits per heavy atom. The molecule has 9 rings (SSSR count). The molecule has 0 fully saturated rings. The molecular formula is C46H34O. The maximum atomic E-state index is 6.27. The minimum Gasteiger partial charge on any atom is -0.456 e. The molecule has 224 valence electrons. The van der Waals surface area contributed by atoms with Crippen molar-refractivity contribution in [1.29, 1.82) is 0 Å². The molecule has 0 saturated heterocycles. The Morgan fingerprint density at radius 1 is 0.426 bits per heavy atom. The van der Waals surface area contributed by atoms with E-state index in [1.807, 2.05) is 0 Å². The van der Waals surface area contributed by atoms with Crippen molar-refractivity contribution >= 4 is 54.3 Å². The lowest BCUT2D eigenvalue weighted by Crippen LogP contribution is -1.91. The average Bonchev–Trinajstić information content (AvgIpc) is 3.50. The van der Waals surface area contributed by atoms with Gasteiger partial charge in [0.1, 0.15) is 11.2 Å². The first-order valence-electron chi connectivity index (χ1n) is 16.7. The number of hydrogen-bond acceptors (Lipinski definition) is 1. The third-order valence-electron chi connectivity index (χ3n) is 9.83. The molecule has 0 amide bonds. The Bertz CT molecular complexity index is 2550. The van der Waals surface area contributed by atoms with Crippen LogP contribution in [0.15, 0.2) is 156 Å². The summed E-state index contributed by atoms with van der Waals surface area (Å²) in [5, 5.41) is 9.97. The van der Waals surface area contributed by atoms with E-state index >= 15 is 0 Å². The summed E-state index contributed by atoms with van der Waals surface area (Å²) in [6.45, 7) is 2.25. The molecular weight excluding hydrogens is 569 g/mol. The van der Waals surface area contributed by atoms with Gasteiger partial charge in [0.2, 0.25) is 0 Å². The molecule has 0 atom stereocenters. The van der Waals surface area contributed by atoms with Gasteiger partial charge in [-0.25, -0.2) is 0 Å². The normalized spacial score (nSPS) is 11.8. The molecule has 0 radical (unpaired) electrons. The third-order valence-corrected chi connectivity index (χ3v) is 9.83. The van der Waals surface area contributed by atoms with Gasteiger partial charge in [0.15, 0.2) is 0 Å². The van der Waals surface area contributed by atoms with Gasteiger partial charge in [0.05, 0.1) is 0 Å². The maximum absolute atomic E-state index is 6.27. The molecule has 0 spiro atoms. The number of aryl methyl sites for hydroxylation is 1. The zero-order valence-electron chi connectivity index (χ0n) is 26.5. The first kappa shape index (κ1) is 27.6. The van der Waals surface area contributed by atoms with Crippen molar-refractivity contribution in [3.8, 4) is 33.4 Å². The van der Waals surface area contributed by atoms with E-state index in [2.05, 4.69) is 159 Å². The zero-order valence-corrected chi connectivity index (χ0v) is 26.5. The highest BCUT2D eigenvalue weighted by Crippen LogP contribution is 2.45. The zero-order chi connectivity index (χ0) is 31.3. The van der Waals surface area contributed by atoms with Crippen molar-refractivity contribution in [1.82, 2.24) is 0 Å². The summed E-state index contributed by atoms with van der Waals surface area (Å²) in [6, 6.07) is 55.6. The highest BCUT2D eigenvalue weighted by molar-refractivity contribution is 6.23. The molecule has 1 heterocycles. The van der Waals surface area contributed by atoms with E-state index in [1.165, 1.54) is 94.9 Å². The van der Waals surface area contributed by atoms with E-state index in [-0.39, 0.29) is 0 Å². The number of unbranched alkanes of at least 4 members (excludes halogenated alkanes) is 1. The summed E-state index contributed by atoms with van der Waals surface area (Å²) in [6.07, 6.45) is 3.49. The van der Waals surface area contributed by atoms with Gasteiger partial charge in [-0.1, -0.05) is 135 Å². The number of benzene rings is 8. The Labute approximate surface area is 274 Å². The number of rotatable bonds is 6. The van der Waals surface area contributed by atoms with Crippen LogP contribution >= 0.6 is 0 Å². The van der Waals surface area contributed by atoms with Gasteiger partial charge in [-0.15, -0.1) is 0 Å². The van der Waals surface area contributed by atoms with Crippen LogP contribution < -0.4 is 0 Å². The Balaban J connectivity index is 1.27. The summed E-state index contributed by atoms with van der Waals surface area (Å²) in [7, 11) is 0. The molecule has 0 aliphatic heterocycles. The van der Waals surface area contributed by atoms with Crippen molar-refractivity contribution in [2.24, 2.45) is 0 Å². The van der Waals surface area contributed by atoms with Crippen molar-refractivity contribution < 1.29 is 4.42 Å². The van der Waals surface area contributed by atoms with Gasteiger partial charge >= 0.3 is 0 Å².